The summed E-state index contributed by atoms with van der Waals surface area (Å²) in [5.74, 6) is 2.06. The predicted octanol–water partition coefficient (Wildman–Crippen LogP) is 3.95. The maximum atomic E-state index is 13.0. The Morgan fingerprint density at radius 2 is 1.56 bits per heavy atom. The Balaban J connectivity index is 2.08. The van der Waals surface area contributed by atoms with Crippen LogP contribution in [0.25, 0.3) is 11.1 Å². The van der Waals surface area contributed by atoms with Gasteiger partial charge in [-0.1, -0.05) is 12.1 Å². The van der Waals surface area contributed by atoms with Crippen LogP contribution in [-0.4, -0.2) is 39.2 Å². The number of aromatic amines is 1. The normalized spacial score (nSPS) is 10.4. The summed E-state index contributed by atoms with van der Waals surface area (Å²) in [6, 6.07) is 10.7. The molecular weight excluding hydrogens is 346 g/mol. The van der Waals surface area contributed by atoms with E-state index in [4.69, 9.17) is 18.9 Å². The van der Waals surface area contributed by atoms with Gasteiger partial charge in [-0.05, 0) is 29.8 Å². The van der Waals surface area contributed by atoms with E-state index in [0.717, 1.165) is 11.1 Å². The first kappa shape index (κ1) is 18.4. The second kappa shape index (κ2) is 7.86. The number of methoxy groups -OCH3 is 4. The molecule has 0 atom stereocenters. The Bertz CT molecular complexity index is 936. The van der Waals surface area contributed by atoms with Crippen LogP contribution in [0.5, 0.6) is 23.0 Å². The van der Waals surface area contributed by atoms with Gasteiger partial charge < -0.3 is 23.9 Å². The highest BCUT2D eigenvalue weighted by molar-refractivity contribution is 6.13. The number of ketones is 1. The molecule has 0 radical (unpaired) electrons. The highest BCUT2D eigenvalue weighted by atomic mass is 16.5. The van der Waals surface area contributed by atoms with Gasteiger partial charge >= 0.3 is 0 Å². The first-order valence-electron chi connectivity index (χ1n) is 8.28. The zero-order valence-electron chi connectivity index (χ0n) is 15.7. The Hall–Kier alpha value is -3.41. The van der Waals surface area contributed by atoms with E-state index in [-0.39, 0.29) is 5.78 Å². The largest absolute Gasteiger partial charge is 0.497 e. The molecule has 0 saturated carbocycles. The molecule has 2 aromatic carbocycles. The quantitative estimate of drug-likeness (QED) is 0.641. The van der Waals surface area contributed by atoms with E-state index < -0.39 is 0 Å². The van der Waals surface area contributed by atoms with Gasteiger partial charge in [0.2, 0.25) is 5.75 Å². The SMILES string of the molecule is COc1cccc(C(=O)c2c[nH]cc2-c2cc(OC)c(OC)c(OC)c2)c1. The zero-order chi connectivity index (χ0) is 19.4. The number of nitrogens with one attached hydrogen (secondary N) is 1. The third-order valence-electron chi connectivity index (χ3n) is 4.30. The van der Waals surface area contributed by atoms with Crippen molar-refractivity contribution in [3.8, 4) is 34.1 Å². The summed E-state index contributed by atoms with van der Waals surface area (Å²) in [5.41, 5.74) is 2.60. The molecule has 6 heteroatoms. The molecule has 140 valence electrons. The molecule has 0 aliphatic rings. The lowest BCUT2D eigenvalue weighted by Gasteiger charge is -2.14. The van der Waals surface area contributed by atoms with Gasteiger partial charge in [0.05, 0.1) is 28.4 Å². The first-order chi connectivity index (χ1) is 13.1. The lowest BCUT2D eigenvalue weighted by molar-refractivity contribution is 0.103. The monoisotopic (exact) mass is 367 g/mol. The van der Waals surface area contributed by atoms with Gasteiger partial charge in [0.15, 0.2) is 17.3 Å². The number of rotatable bonds is 7. The number of benzene rings is 2. The minimum absolute atomic E-state index is 0.112. The van der Waals surface area contributed by atoms with Gasteiger partial charge in [-0.25, -0.2) is 0 Å². The maximum absolute atomic E-state index is 13.0. The van der Waals surface area contributed by atoms with E-state index >= 15 is 0 Å². The molecule has 0 aliphatic carbocycles. The highest BCUT2D eigenvalue weighted by Crippen LogP contribution is 2.42. The highest BCUT2D eigenvalue weighted by Gasteiger charge is 2.20. The Labute approximate surface area is 157 Å². The number of hydrogen-bond acceptors (Lipinski definition) is 5. The van der Waals surface area contributed by atoms with Crippen molar-refractivity contribution in [3.05, 3.63) is 59.9 Å². The first-order valence-corrected chi connectivity index (χ1v) is 8.28. The van der Waals surface area contributed by atoms with Crippen molar-refractivity contribution < 1.29 is 23.7 Å². The molecule has 0 spiro atoms. The summed E-state index contributed by atoms with van der Waals surface area (Å²) in [7, 11) is 6.23. The summed E-state index contributed by atoms with van der Waals surface area (Å²) in [5, 5.41) is 0. The molecule has 0 aliphatic heterocycles. The van der Waals surface area contributed by atoms with Crippen LogP contribution in [0.1, 0.15) is 15.9 Å². The van der Waals surface area contributed by atoms with Crippen LogP contribution in [0.2, 0.25) is 0 Å². The lowest BCUT2D eigenvalue weighted by atomic mass is 9.97. The molecular formula is C21H21NO5. The number of carbonyl (C=O) groups is 1. The smallest absolute Gasteiger partial charge is 0.203 e. The fourth-order valence-corrected chi connectivity index (χ4v) is 2.95. The molecule has 1 aromatic heterocycles. The number of ether oxygens (including phenoxy) is 4. The number of carbonyl (C=O) groups excluding carboxylic acids is 1. The number of hydrogen-bond donors (Lipinski definition) is 1. The number of aromatic nitrogens is 1. The fourth-order valence-electron chi connectivity index (χ4n) is 2.95. The topological polar surface area (TPSA) is 69.8 Å². The van der Waals surface area contributed by atoms with E-state index in [9.17, 15) is 4.79 Å². The summed E-state index contributed by atoms with van der Waals surface area (Å²) >= 11 is 0. The summed E-state index contributed by atoms with van der Waals surface area (Å²) in [6.07, 6.45) is 3.45. The van der Waals surface area contributed by atoms with Crippen molar-refractivity contribution in [1.29, 1.82) is 0 Å². The van der Waals surface area contributed by atoms with Gasteiger partial charge in [-0.3, -0.25) is 4.79 Å². The molecule has 0 saturated heterocycles. The molecule has 0 fully saturated rings. The summed E-state index contributed by atoms with van der Waals surface area (Å²) in [4.78, 5) is 16.1. The van der Waals surface area contributed by atoms with Gasteiger partial charge in [0.25, 0.3) is 0 Å². The molecule has 0 unspecified atom stereocenters. The van der Waals surface area contributed by atoms with E-state index in [2.05, 4.69) is 4.98 Å². The average Bonchev–Trinajstić information content (AvgIpc) is 3.21. The van der Waals surface area contributed by atoms with E-state index in [1.165, 1.54) is 0 Å². The molecule has 0 bridgehead atoms. The van der Waals surface area contributed by atoms with Crippen molar-refractivity contribution in [3.63, 3.8) is 0 Å². The van der Waals surface area contributed by atoms with Gasteiger partial charge in [-0.15, -0.1) is 0 Å². The van der Waals surface area contributed by atoms with Gasteiger partial charge in [0.1, 0.15) is 5.75 Å². The third-order valence-corrected chi connectivity index (χ3v) is 4.30. The predicted molar refractivity (Wildman–Crippen MR) is 102 cm³/mol. The second-order valence-corrected chi connectivity index (χ2v) is 5.76. The molecule has 27 heavy (non-hydrogen) atoms. The van der Waals surface area contributed by atoms with Crippen LogP contribution in [-0.2, 0) is 0 Å². The molecule has 1 heterocycles. The number of H-pyrrole nitrogens is 1. The average molecular weight is 367 g/mol. The van der Waals surface area contributed by atoms with Crippen LogP contribution >= 0.6 is 0 Å². The second-order valence-electron chi connectivity index (χ2n) is 5.76. The van der Waals surface area contributed by atoms with Gasteiger partial charge in [0, 0.05) is 29.1 Å². The van der Waals surface area contributed by atoms with Crippen molar-refractivity contribution in [1.82, 2.24) is 4.98 Å². The van der Waals surface area contributed by atoms with Gasteiger partial charge in [-0.2, -0.15) is 0 Å². The third kappa shape index (κ3) is 3.46. The molecule has 3 aromatic rings. The van der Waals surface area contributed by atoms with Crippen LogP contribution < -0.4 is 18.9 Å². The van der Waals surface area contributed by atoms with Crippen LogP contribution in [0, 0.1) is 0 Å². The lowest BCUT2D eigenvalue weighted by Crippen LogP contribution is -2.02. The van der Waals surface area contributed by atoms with Crippen molar-refractivity contribution in [2.45, 2.75) is 0 Å². The van der Waals surface area contributed by atoms with Crippen molar-refractivity contribution in [2.24, 2.45) is 0 Å². The fraction of sp³-hybridized carbons (Fsp3) is 0.190. The maximum Gasteiger partial charge on any atom is 0.203 e. The Kier molecular flexibility index (Phi) is 5.35. The minimum Gasteiger partial charge on any atom is -0.497 e. The van der Waals surface area contributed by atoms with E-state index in [1.54, 1.807) is 65.1 Å². The zero-order valence-corrected chi connectivity index (χ0v) is 15.7. The molecule has 6 nitrogen and oxygen atoms in total. The van der Waals surface area contributed by atoms with E-state index in [0.29, 0.717) is 34.1 Å². The Morgan fingerprint density at radius 3 is 2.15 bits per heavy atom. The van der Waals surface area contributed by atoms with E-state index in [1.807, 2.05) is 12.1 Å². The summed E-state index contributed by atoms with van der Waals surface area (Å²) < 4.78 is 21.4. The minimum atomic E-state index is -0.112. The van der Waals surface area contributed by atoms with Crippen LogP contribution in [0.4, 0.5) is 0 Å². The molecule has 3 rings (SSSR count). The van der Waals surface area contributed by atoms with Crippen LogP contribution in [0.3, 0.4) is 0 Å². The standard InChI is InChI=1S/C21H21NO5/c1-24-15-7-5-6-13(8-15)20(23)17-12-22-11-16(17)14-9-18(25-2)21(27-4)19(10-14)26-3/h5-12,22H,1-4H3. The van der Waals surface area contributed by atoms with Crippen LogP contribution in [0.15, 0.2) is 48.8 Å². The Morgan fingerprint density at radius 1 is 0.852 bits per heavy atom. The summed E-state index contributed by atoms with van der Waals surface area (Å²) in [6.45, 7) is 0. The van der Waals surface area contributed by atoms with Crippen molar-refractivity contribution in [2.75, 3.05) is 28.4 Å². The van der Waals surface area contributed by atoms with Crippen molar-refractivity contribution >= 4 is 5.78 Å². The molecule has 0 amide bonds. The molecule has 1 N–H and O–H groups in total.